The van der Waals surface area contributed by atoms with Gasteiger partial charge in [-0.05, 0) is 13.8 Å². The number of carbonyl (C=O) groups is 1. The van der Waals surface area contributed by atoms with Crippen LogP contribution in [0.5, 0.6) is 0 Å². The van der Waals surface area contributed by atoms with Crippen LogP contribution in [0.3, 0.4) is 0 Å². The molecule has 0 radical (unpaired) electrons. The molecule has 0 aromatic rings. The van der Waals surface area contributed by atoms with Crippen LogP contribution in [0, 0.1) is 0 Å². The minimum Gasteiger partial charge on any atom is -0.331 e. The molecule has 0 unspecified atom stereocenters. The molecule has 4 nitrogen and oxygen atoms in total. The molecule has 1 N–H and O–H groups in total. The highest BCUT2D eigenvalue weighted by Crippen LogP contribution is 2.11. The van der Waals surface area contributed by atoms with Crippen LogP contribution in [0.1, 0.15) is 13.8 Å². The predicted molar refractivity (Wildman–Crippen MR) is 52.7 cm³/mol. The molecular weight excluding hydrogens is 166 g/mol. The largest absolute Gasteiger partial charge is 0.331 e. The fourth-order valence-electron chi connectivity index (χ4n) is 1.74. The molecule has 1 aliphatic heterocycles. The number of amides is 2. The SMILES string of the molecule is C[C@@H]1CNC[C@H](C)N1C(=O)N(C)C. The molecule has 1 aliphatic rings. The highest BCUT2D eigenvalue weighted by atomic mass is 16.2. The van der Waals surface area contributed by atoms with Gasteiger partial charge >= 0.3 is 6.03 Å². The predicted octanol–water partition coefficient (Wildman–Crippen LogP) is 0.350. The molecule has 0 saturated carbocycles. The second-order valence-corrected chi connectivity index (χ2v) is 3.94. The molecule has 13 heavy (non-hydrogen) atoms. The lowest BCUT2D eigenvalue weighted by Gasteiger charge is -2.40. The standard InChI is InChI=1S/C9H19N3O/c1-7-5-10-6-8(2)12(7)9(13)11(3)4/h7-8,10H,5-6H2,1-4H3/t7-,8+. The third-order valence-corrected chi connectivity index (χ3v) is 2.43. The zero-order valence-electron chi connectivity index (χ0n) is 8.87. The van der Waals surface area contributed by atoms with E-state index in [0.717, 1.165) is 13.1 Å². The number of carbonyl (C=O) groups excluding carboxylic acids is 1. The third-order valence-electron chi connectivity index (χ3n) is 2.43. The minimum atomic E-state index is 0.113. The quantitative estimate of drug-likeness (QED) is 0.591. The Labute approximate surface area is 79.9 Å². The van der Waals surface area contributed by atoms with Crippen LogP contribution in [0.4, 0.5) is 4.79 Å². The van der Waals surface area contributed by atoms with Crippen molar-refractivity contribution in [1.29, 1.82) is 0 Å². The molecule has 76 valence electrons. The number of hydrogen-bond acceptors (Lipinski definition) is 2. The van der Waals surface area contributed by atoms with E-state index < -0.39 is 0 Å². The monoisotopic (exact) mass is 185 g/mol. The van der Waals surface area contributed by atoms with Crippen LogP contribution in [0.25, 0.3) is 0 Å². The van der Waals surface area contributed by atoms with Crippen molar-refractivity contribution in [2.24, 2.45) is 0 Å². The van der Waals surface area contributed by atoms with Gasteiger partial charge in [-0.2, -0.15) is 0 Å². The summed E-state index contributed by atoms with van der Waals surface area (Å²) < 4.78 is 0. The van der Waals surface area contributed by atoms with Crippen molar-refractivity contribution in [3.8, 4) is 0 Å². The van der Waals surface area contributed by atoms with Gasteiger partial charge in [0.2, 0.25) is 0 Å². The van der Waals surface area contributed by atoms with Gasteiger partial charge in [0.15, 0.2) is 0 Å². The molecule has 1 rings (SSSR count). The first kappa shape index (κ1) is 10.3. The molecule has 0 aromatic carbocycles. The van der Waals surface area contributed by atoms with Crippen molar-refractivity contribution < 1.29 is 4.79 Å². The Hall–Kier alpha value is -0.770. The van der Waals surface area contributed by atoms with Gasteiger partial charge in [0, 0.05) is 39.3 Å². The fourth-order valence-corrected chi connectivity index (χ4v) is 1.74. The number of nitrogens with zero attached hydrogens (tertiary/aromatic N) is 2. The molecule has 0 spiro atoms. The Morgan fingerprint density at radius 3 is 2.15 bits per heavy atom. The van der Waals surface area contributed by atoms with Crippen molar-refractivity contribution >= 4 is 6.03 Å². The highest BCUT2D eigenvalue weighted by molar-refractivity contribution is 5.74. The van der Waals surface area contributed by atoms with Crippen LogP contribution in [-0.4, -0.2) is 55.1 Å². The summed E-state index contributed by atoms with van der Waals surface area (Å²) in [6, 6.07) is 0.693. The Kier molecular flexibility index (Phi) is 3.14. The average molecular weight is 185 g/mol. The Morgan fingerprint density at radius 1 is 1.31 bits per heavy atom. The van der Waals surface area contributed by atoms with Crippen molar-refractivity contribution in [2.45, 2.75) is 25.9 Å². The van der Waals surface area contributed by atoms with E-state index in [4.69, 9.17) is 0 Å². The summed E-state index contributed by atoms with van der Waals surface area (Å²) in [6.45, 7) is 5.93. The Bertz CT molecular complexity index is 183. The van der Waals surface area contributed by atoms with Crippen LogP contribution in [-0.2, 0) is 0 Å². The number of rotatable bonds is 0. The van der Waals surface area contributed by atoms with E-state index in [9.17, 15) is 4.79 Å². The summed E-state index contributed by atoms with van der Waals surface area (Å²) in [6.07, 6.45) is 0. The smallest absolute Gasteiger partial charge is 0.320 e. The summed E-state index contributed by atoms with van der Waals surface area (Å²) in [5, 5.41) is 3.30. The topological polar surface area (TPSA) is 35.6 Å². The molecule has 1 saturated heterocycles. The van der Waals surface area contributed by atoms with E-state index in [1.807, 2.05) is 4.90 Å². The van der Waals surface area contributed by atoms with Gasteiger partial charge in [0.05, 0.1) is 0 Å². The molecule has 2 amide bonds. The van der Waals surface area contributed by atoms with E-state index in [0.29, 0.717) is 12.1 Å². The van der Waals surface area contributed by atoms with Crippen molar-refractivity contribution in [2.75, 3.05) is 27.2 Å². The summed E-state index contributed by atoms with van der Waals surface area (Å²) in [4.78, 5) is 15.3. The summed E-state index contributed by atoms with van der Waals surface area (Å²) in [5.74, 6) is 0. The van der Waals surface area contributed by atoms with Crippen LogP contribution in [0.2, 0.25) is 0 Å². The molecule has 4 heteroatoms. The summed E-state index contributed by atoms with van der Waals surface area (Å²) in [7, 11) is 3.59. The first-order valence-corrected chi connectivity index (χ1v) is 4.74. The second-order valence-electron chi connectivity index (χ2n) is 3.94. The molecule has 1 heterocycles. The van der Waals surface area contributed by atoms with Gasteiger partial charge in [-0.25, -0.2) is 4.79 Å². The van der Waals surface area contributed by atoms with E-state index in [2.05, 4.69) is 19.2 Å². The van der Waals surface area contributed by atoms with E-state index in [1.165, 1.54) is 0 Å². The highest BCUT2D eigenvalue weighted by Gasteiger charge is 2.29. The van der Waals surface area contributed by atoms with Crippen molar-refractivity contribution in [3.63, 3.8) is 0 Å². The van der Waals surface area contributed by atoms with Gasteiger partial charge in [-0.15, -0.1) is 0 Å². The maximum absolute atomic E-state index is 11.7. The lowest BCUT2D eigenvalue weighted by molar-refractivity contribution is 0.112. The van der Waals surface area contributed by atoms with Gasteiger partial charge < -0.3 is 15.1 Å². The lowest BCUT2D eigenvalue weighted by atomic mass is 10.1. The first-order chi connectivity index (χ1) is 6.04. The molecule has 2 atom stereocenters. The Morgan fingerprint density at radius 2 is 1.77 bits per heavy atom. The second kappa shape index (κ2) is 3.96. The summed E-state index contributed by atoms with van der Waals surface area (Å²) in [5.41, 5.74) is 0. The Balaban J connectivity index is 2.68. The van der Waals surface area contributed by atoms with Crippen LogP contribution >= 0.6 is 0 Å². The lowest BCUT2D eigenvalue weighted by Crippen LogP contribution is -2.59. The molecule has 0 bridgehead atoms. The number of piperazine rings is 1. The third kappa shape index (κ3) is 2.12. The zero-order valence-corrected chi connectivity index (χ0v) is 8.87. The number of urea groups is 1. The van der Waals surface area contributed by atoms with Gasteiger partial charge in [-0.1, -0.05) is 0 Å². The molecule has 0 aromatic heterocycles. The molecule has 0 aliphatic carbocycles. The summed E-state index contributed by atoms with van der Waals surface area (Å²) >= 11 is 0. The maximum atomic E-state index is 11.7. The molecule has 1 fully saturated rings. The number of nitrogens with one attached hydrogen (secondary N) is 1. The minimum absolute atomic E-state index is 0.113. The normalized spacial score (nSPS) is 28.8. The zero-order chi connectivity index (χ0) is 10.0. The average Bonchev–Trinajstić information content (AvgIpc) is 2.03. The van der Waals surface area contributed by atoms with Crippen molar-refractivity contribution in [3.05, 3.63) is 0 Å². The van der Waals surface area contributed by atoms with Crippen LogP contribution in [0.15, 0.2) is 0 Å². The molecular formula is C9H19N3O. The van der Waals surface area contributed by atoms with Gasteiger partial charge in [0.1, 0.15) is 0 Å². The number of hydrogen-bond donors (Lipinski definition) is 1. The van der Waals surface area contributed by atoms with Crippen LogP contribution < -0.4 is 5.32 Å². The van der Waals surface area contributed by atoms with Gasteiger partial charge in [-0.3, -0.25) is 0 Å². The first-order valence-electron chi connectivity index (χ1n) is 4.74. The van der Waals surface area contributed by atoms with E-state index >= 15 is 0 Å². The van der Waals surface area contributed by atoms with E-state index in [-0.39, 0.29) is 6.03 Å². The fraction of sp³-hybridized carbons (Fsp3) is 0.889. The van der Waals surface area contributed by atoms with Gasteiger partial charge in [0.25, 0.3) is 0 Å². The van der Waals surface area contributed by atoms with Crippen molar-refractivity contribution in [1.82, 2.24) is 15.1 Å². The van der Waals surface area contributed by atoms with E-state index in [1.54, 1.807) is 19.0 Å². The maximum Gasteiger partial charge on any atom is 0.320 e.